The van der Waals surface area contributed by atoms with Gasteiger partial charge in [0, 0.05) is 0 Å². The lowest BCUT2D eigenvalue weighted by molar-refractivity contribution is -0.141. The lowest BCUT2D eigenvalue weighted by Gasteiger charge is -2.07. The Bertz CT molecular complexity index is 477. The van der Waals surface area contributed by atoms with Crippen LogP contribution in [0.25, 0.3) is 0 Å². The number of aromatic nitrogens is 1. The van der Waals surface area contributed by atoms with Crippen LogP contribution in [0.1, 0.15) is 17.0 Å². The van der Waals surface area contributed by atoms with E-state index in [1.807, 2.05) is 0 Å². The first kappa shape index (κ1) is 13.0. The molecule has 0 aromatic carbocycles. The van der Waals surface area contributed by atoms with Gasteiger partial charge < -0.3 is 4.74 Å². The second-order valence-corrected chi connectivity index (χ2v) is 3.07. The van der Waals surface area contributed by atoms with Crippen LogP contribution >= 0.6 is 0 Å². The molecule has 7 heteroatoms. The Morgan fingerprint density at radius 1 is 1.53 bits per heavy atom. The molecule has 0 radical (unpaired) electrons. The van der Waals surface area contributed by atoms with E-state index in [4.69, 9.17) is 5.26 Å². The van der Waals surface area contributed by atoms with E-state index in [1.165, 1.54) is 6.07 Å². The molecular weight excluding hydrogens is 237 g/mol. The molecule has 1 heterocycles. The number of methoxy groups -OCH3 is 1. The molecule has 0 bridgehead atoms. The van der Waals surface area contributed by atoms with Gasteiger partial charge in [0.05, 0.1) is 13.5 Å². The third-order valence-electron chi connectivity index (χ3n) is 1.94. The fourth-order valence-electron chi connectivity index (χ4n) is 1.11. The second kappa shape index (κ2) is 4.82. The highest BCUT2D eigenvalue weighted by Gasteiger charge is 2.33. The minimum absolute atomic E-state index is 0.104. The molecule has 1 aromatic heterocycles. The molecule has 90 valence electrons. The summed E-state index contributed by atoms with van der Waals surface area (Å²) in [5, 5.41) is 8.66. The zero-order chi connectivity index (χ0) is 13.1. The molecule has 0 atom stereocenters. The minimum atomic E-state index is -4.62. The summed E-state index contributed by atoms with van der Waals surface area (Å²) in [6.07, 6.45) is -4.90. The average Bonchev–Trinajstić information content (AvgIpc) is 2.27. The number of alkyl halides is 3. The van der Waals surface area contributed by atoms with Crippen molar-refractivity contribution in [3.8, 4) is 6.07 Å². The lowest BCUT2D eigenvalue weighted by Crippen LogP contribution is -2.12. The van der Waals surface area contributed by atoms with Crippen molar-refractivity contribution < 1.29 is 22.7 Å². The normalized spacial score (nSPS) is 10.8. The van der Waals surface area contributed by atoms with Gasteiger partial charge in [0.25, 0.3) is 0 Å². The summed E-state index contributed by atoms with van der Waals surface area (Å²) in [5.41, 5.74) is -1.49. The van der Waals surface area contributed by atoms with E-state index in [-0.39, 0.29) is 12.0 Å². The largest absolute Gasteiger partial charge is 0.469 e. The summed E-state index contributed by atoms with van der Waals surface area (Å²) in [6.45, 7) is 0. The van der Waals surface area contributed by atoms with Gasteiger partial charge in [0.1, 0.15) is 17.5 Å². The molecule has 0 saturated carbocycles. The van der Waals surface area contributed by atoms with E-state index < -0.39 is 23.5 Å². The van der Waals surface area contributed by atoms with Crippen molar-refractivity contribution in [3.05, 3.63) is 29.1 Å². The van der Waals surface area contributed by atoms with Gasteiger partial charge >= 0.3 is 12.1 Å². The van der Waals surface area contributed by atoms with Crippen LogP contribution in [0.5, 0.6) is 0 Å². The van der Waals surface area contributed by atoms with Crippen molar-refractivity contribution in [1.82, 2.24) is 4.98 Å². The summed E-state index contributed by atoms with van der Waals surface area (Å²) in [4.78, 5) is 14.1. The first-order valence-corrected chi connectivity index (χ1v) is 4.42. The van der Waals surface area contributed by atoms with Gasteiger partial charge in [-0.05, 0) is 11.6 Å². The molecule has 0 fully saturated rings. The van der Waals surface area contributed by atoms with E-state index in [0.717, 1.165) is 19.2 Å². The summed E-state index contributed by atoms with van der Waals surface area (Å²) in [7, 11) is 1.14. The van der Waals surface area contributed by atoms with Crippen molar-refractivity contribution in [1.29, 1.82) is 5.26 Å². The number of carbonyl (C=O) groups is 1. The predicted octanol–water partition coefficient (Wildman–Crippen LogP) is 1.69. The molecule has 1 rings (SSSR count). The first-order valence-electron chi connectivity index (χ1n) is 4.42. The maximum atomic E-state index is 12.3. The standard InChI is InChI=1S/C10H7F3N2O2/c1-17-9(16)4-6-2-3-8(10(11,12)13)15-7(6)5-14/h2-3H,4H2,1H3. The Balaban J connectivity index is 3.11. The third-order valence-corrected chi connectivity index (χ3v) is 1.94. The smallest absolute Gasteiger partial charge is 0.433 e. The van der Waals surface area contributed by atoms with Crippen molar-refractivity contribution >= 4 is 5.97 Å². The van der Waals surface area contributed by atoms with E-state index in [2.05, 4.69) is 9.72 Å². The summed E-state index contributed by atoms with van der Waals surface area (Å²) >= 11 is 0. The number of ether oxygens (including phenoxy) is 1. The zero-order valence-corrected chi connectivity index (χ0v) is 8.71. The number of carbonyl (C=O) groups excluding carboxylic acids is 1. The quantitative estimate of drug-likeness (QED) is 0.742. The zero-order valence-electron chi connectivity index (χ0n) is 8.71. The Kier molecular flexibility index (Phi) is 3.68. The molecule has 0 aliphatic rings. The topological polar surface area (TPSA) is 63.0 Å². The van der Waals surface area contributed by atoms with Crippen LogP contribution < -0.4 is 0 Å². The van der Waals surface area contributed by atoms with Gasteiger partial charge in [0.2, 0.25) is 0 Å². The van der Waals surface area contributed by atoms with Gasteiger partial charge in [-0.25, -0.2) is 4.98 Å². The molecule has 4 nitrogen and oxygen atoms in total. The number of pyridine rings is 1. The van der Waals surface area contributed by atoms with Gasteiger partial charge in [0.15, 0.2) is 0 Å². The van der Waals surface area contributed by atoms with Gasteiger partial charge in [-0.3, -0.25) is 4.79 Å². The first-order chi connectivity index (χ1) is 7.88. The minimum Gasteiger partial charge on any atom is -0.469 e. The van der Waals surface area contributed by atoms with E-state index in [9.17, 15) is 18.0 Å². The summed E-state index contributed by atoms with van der Waals surface area (Å²) in [6, 6.07) is 3.29. The van der Waals surface area contributed by atoms with Crippen molar-refractivity contribution in [2.75, 3.05) is 7.11 Å². The second-order valence-electron chi connectivity index (χ2n) is 3.07. The van der Waals surface area contributed by atoms with Crippen molar-refractivity contribution in [2.45, 2.75) is 12.6 Å². The monoisotopic (exact) mass is 244 g/mol. The maximum Gasteiger partial charge on any atom is 0.433 e. The molecule has 0 unspecified atom stereocenters. The van der Waals surface area contributed by atoms with Crippen LogP contribution in [0.4, 0.5) is 13.2 Å². The molecule has 0 N–H and O–H groups in total. The number of hydrogen-bond acceptors (Lipinski definition) is 4. The average molecular weight is 244 g/mol. The van der Waals surface area contributed by atoms with Gasteiger partial charge in [-0.15, -0.1) is 0 Å². The number of esters is 1. The van der Waals surface area contributed by atoms with Gasteiger partial charge in [-0.1, -0.05) is 6.07 Å². The Morgan fingerprint density at radius 3 is 2.65 bits per heavy atom. The molecule has 17 heavy (non-hydrogen) atoms. The van der Waals surface area contributed by atoms with Crippen molar-refractivity contribution in [3.63, 3.8) is 0 Å². The van der Waals surface area contributed by atoms with Crippen LogP contribution in [0.15, 0.2) is 12.1 Å². The van der Waals surface area contributed by atoms with E-state index >= 15 is 0 Å². The van der Waals surface area contributed by atoms with Crippen LogP contribution in [-0.4, -0.2) is 18.1 Å². The van der Waals surface area contributed by atoms with Crippen molar-refractivity contribution in [2.24, 2.45) is 0 Å². The summed E-state index contributed by atoms with van der Waals surface area (Å²) in [5.74, 6) is -0.650. The number of rotatable bonds is 2. The highest BCUT2D eigenvalue weighted by atomic mass is 19.4. The fraction of sp³-hybridized carbons (Fsp3) is 0.300. The van der Waals surface area contributed by atoms with Gasteiger partial charge in [-0.2, -0.15) is 18.4 Å². The fourth-order valence-corrected chi connectivity index (χ4v) is 1.11. The van der Waals surface area contributed by atoms with Crippen LogP contribution in [0, 0.1) is 11.3 Å². The highest BCUT2D eigenvalue weighted by Crippen LogP contribution is 2.28. The Labute approximate surface area is 94.6 Å². The van der Waals surface area contributed by atoms with E-state index in [1.54, 1.807) is 0 Å². The van der Waals surface area contributed by atoms with Crippen LogP contribution in [-0.2, 0) is 22.1 Å². The van der Waals surface area contributed by atoms with E-state index in [0.29, 0.717) is 0 Å². The molecular formula is C10H7F3N2O2. The van der Waals surface area contributed by atoms with Crippen LogP contribution in [0.2, 0.25) is 0 Å². The molecule has 0 aliphatic heterocycles. The molecule has 0 saturated heterocycles. The number of nitrogens with zero attached hydrogens (tertiary/aromatic N) is 2. The predicted molar refractivity (Wildman–Crippen MR) is 49.7 cm³/mol. The number of hydrogen-bond donors (Lipinski definition) is 0. The molecule has 1 aromatic rings. The SMILES string of the molecule is COC(=O)Cc1ccc(C(F)(F)F)nc1C#N. The third kappa shape index (κ3) is 3.17. The number of halogens is 3. The maximum absolute atomic E-state index is 12.3. The Morgan fingerprint density at radius 2 is 2.18 bits per heavy atom. The molecule has 0 spiro atoms. The summed E-state index contributed by atoms with van der Waals surface area (Å²) < 4.78 is 41.3. The molecule has 0 aliphatic carbocycles. The Hall–Kier alpha value is -2.10. The lowest BCUT2D eigenvalue weighted by atomic mass is 10.1. The van der Waals surface area contributed by atoms with Crippen LogP contribution in [0.3, 0.4) is 0 Å². The molecule has 0 amide bonds. The number of nitriles is 1. The highest BCUT2D eigenvalue weighted by molar-refractivity contribution is 5.73.